The molecule has 98 valence electrons. The lowest BCUT2D eigenvalue weighted by Crippen LogP contribution is -2.26. The number of halogens is 1. The summed E-state index contributed by atoms with van der Waals surface area (Å²) < 4.78 is 0. The van der Waals surface area contributed by atoms with Crippen molar-refractivity contribution in [3.63, 3.8) is 0 Å². The molecule has 2 aromatic rings. The van der Waals surface area contributed by atoms with Crippen LogP contribution >= 0.6 is 23.4 Å². The first-order chi connectivity index (χ1) is 9.28. The number of para-hydroxylation sites is 1. The van der Waals surface area contributed by atoms with Crippen LogP contribution in [-0.2, 0) is 13.0 Å². The van der Waals surface area contributed by atoms with Gasteiger partial charge in [0.15, 0.2) is 0 Å². The van der Waals surface area contributed by atoms with E-state index >= 15 is 0 Å². The number of alkyl halides is 1. The van der Waals surface area contributed by atoms with Gasteiger partial charge < -0.3 is 4.90 Å². The number of rotatable bonds is 3. The van der Waals surface area contributed by atoms with E-state index < -0.39 is 0 Å². The summed E-state index contributed by atoms with van der Waals surface area (Å²) in [4.78, 5) is 3.58. The average Bonchev–Trinajstić information content (AvgIpc) is 2.76. The zero-order chi connectivity index (χ0) is 13.2. The molecule has 2 aromatic carbocycles. The van der Waals surface area contributed by atoms with Crippen LogP contribution in [-0.4, -0.2) is 11.8 Å². The molecule has 1 unspecified atom stereocenters. The highest BCUT2D eigenvalue weighted by atomic mass is 35.5. The largest absolute Gasteiger partial charge is 0.350 e. The van der Waals surface area contributed by atoms with Gasteiger partial charge in [-0.3, -0.25) is 0 Å². The molecule has 1 aliphatic heterocycles. The molecule has 0 amide bonds. The van der Waals surface area contributed by atoms with Crippen LogP contribution in [0.25, 0.3) is 0 Å². The number of hydrogen-bond donors (Lipinski definition) is 0. The van der Waals surface area contributed by atoms with Gasteiger partial charge in [0.1, 0.15) is 5.50 Å². The molecule has 0 fully saturated rings. The summed E-state index contributed by atoms with van der Waals surface area (Å²) in [7, 11) is 0. The van der Waals surface area contributed by atoms with Crippen LogP contribution in [0.3, 0.4) is 0 Å². The Balaban J connectivity index is 1.82. The van der Waals surface area contributed by atoms with Gasteiger partial charge in [-0.2, -0.15) is 0 Å². The highest BCUT2D eigenvalue weighted by molar-refractivity contribution is 7.98. The number of nitrogens with zero attached hydrogens (tertiary/aromatic N) is 1. The number of anilines is 1. The predicted octanol–water partition coefficient (Wildman–Crippen LogP) is 4.54. The Kier molecular flexibility index (Phi) is 3.72. The maximum Gasteiger partial charge on any atom is 0.108 e. The van der Waals surface area contributed by atoms with Crippen LogP contribution in [0.15, 0.2) is 53.4 Å². The first-order valence-corrected chi connectivity index (χ1v) is 8.05. The lowest BCUT2D eigenvalue weighted by molar-refractivity contribution is 0.782. The van der Waals surface area contributed by atoms with E-state index in [2.05, 4.69) is 59.7 Å². The van der Waals surface area contributed by atoms with Crippen molar-refractivity contribution < 1.29 is 0 Å². The van der Waals surface area contributed by atoms with Crippen LogP contribution < -0.4 is 4.90 Å². The SMILES string of the molecule is CSc1ccc(CN2c3ccccc3CC2Cl)cc1. The van der Waals surface area contributed by atoms with Gasteiger partial charge in [0.25, 0.3) is 0 Å². The van der Waals surface area contributed by atoms with E-state index in [9.17, 15) is 0 Å². The van der Waals surface area contributed by atoms with Crippen molar-refractivity contribution in [3.8, 4) is 0 Å². The molecule has 0 saturated carbocycles. The van der Waals surface area contributed by atoms with Crippen LogP contribution in [0.1, 0.15) is 11.1 Å². The van der Waals surface area contributed by atoms with Gasteiger partial charge in [0, 0.05) is 23.5 Å². The van der Waals surface area contributed by atoms with Crippen molar-refractivity contribution in [1.29, 1.82) is 0 Å². The molecule has 1 nitrogen and oxygen atoms in total. The second-order valence-corrected chi connectivity index (χ2v) is 6.13. The molecule has 1 heterocycles. The molecule has 0 aromatic heterocycles. The lowest BCUT2D eigenvalue weighted by atomic mass is 10.1. The quantitative estimate of drug-likeness (QED) is 0.464. The summed E-state index contributed by atoms with van der Waals surface area (Å²) >= 11 is 8.24. The highest BCUT2D eigenvalue weighted by Gasteiger charge is 2.26. The number of hydrogen-bond acceptors (Lipinski definition) is 2. The molecule has 0 spiro atoms. The minimum Gasteiger partial charge on any atom is -0.350 e. The number of thioether (sulfide) groups is 1. The van der Waals surface area contributed by atoms with Gasteiger partial charge in [0.05, 0.1) is 0 Å². The molecule has 3 heteroatoms. The Bertz CT molecular complexity index is 567. The third kappa shape index (κ3) is 2.60. The Labute approximate surface area is 123 Å². The Morgan fingerprint density at radius 3 is 2.63 bits per heavy atom. The lowest BCUT2D eigenvalue weighted by Gasteiger charge is -2.23. The normalized spacial score (nSPS) is 17.6. The standard InChI is InChI=1S/C16H16ClNS/c1-19-14-8-6-12(7-9-14)11-18-15-5-3-2-4-13(15)10-16(18)17/h2-9,16H,10-11H2,1H3. The van der Waals surface area contributed by atoms with Crippen LogP contribution in [0.4, 0.5) is 5.69 Å². The van der Waals surface area contributed by atoms with E-state index in [0.717, 1.165) is 13.0 Å². The highest BCUT2D eigenvalue weighted by Crippen LogP contribution is 2.34. The minimum atomic E-state index is 0.0672. The predicted molar refractivity (Wildman–Crippen MR) is 84.2 cm³/mol. The number of benzene rings is 2. The molecule has 0 bridgehead atoms. The molecule has 0 N–H and O–H groups in total. The van der Waals surface area contributed by atoms with Crippen molar-refractivity contribution >= 4 is 29.1 Å². The smallest absolute Gasteiger partial charge is 0.108 e. The van der Waals surface area contributed by atoms with E-state index in [1.807, 2.05) is 0 Å². The van der Waals surface area contributed by atoms with Gasteiger partial charge in [-0.05, 0) is 35.6 Å². The summed E-state index contributed by atoms with van der Waals surface area (Å²) in [5.41, 5.74) is 4.00. The fourth-order valence-corrected chi connectivity index (χ4v) is 3.27. The molecule has 0 saturated heterocycles. The third-order valence-corrected chi connectivity index (χ3v) is 4.67. The van der Waals surface area contributed by atoms with Crippen LogP contribution in [0, 0.1) is 0 Å². The number of fused-ring (bicyclic) bond motifs is 1. The molecule has 1 atom stereocenters. The zero-order valence-corrected chi connectivity index (χ0v) is 12.4. The zero-order valence-electron chi connectivity index (χ0n) is 10.8. The minimum absolute atomic E-state index is 0.0672. The summed E-state index contributed by atoms with van der Waals surface area (Å²) in [6, 6.07) is 17.2. The van der Waals surface area contributed by atoms with Crippen molar-refractivity contribution in [2.24, 2.45) is 0 Å². The van der Waals surface area contributed by atoms with E-state index in [-0.39, 0.29) is 5.50 Å². The van der Waals surface area contributed by atoms with Crippen molar-refractivity contribution in [1.82, 2.24) is 0 Å². The van der Waals surface area contributed by atoms with E-state index in [1.54, 1.807) is 11.8 Å². The van der Waals surface area contributed by atoms with Crippen molar-refractivity contribution in [2.45, 2.75) is 23.4 Å². The molecule has 3 rings (SSSR count). The molecule has 1 aliphatic rings. The van der Waals surface area contributed by atoms with Gasteiger partial charge in [-0.25, -0.2) is 0 Å². The second-order valence-electron chi connectivity index (χ2n) is 4.74. The van der Waals surface area contributed by atoms with Gasteiger partial charge >= 0.3 is 0 Å². The van der Waals surface area contributed by atoms with Gasteiger partial charge in [-0.15, -0.1) is 11.8 Å². The van der Waals surface area contributed by atoms with Crippen LogP contribution in [0.2, 0.25) is 0 Å². The Morgan fingerprint density at radius 1 is 1.16 bits per heavy atom. The fourth-order valence-electron chi connectivity index (χ4n) is 2.52. The molecular formula is C16H16ClNS. The van der Waals surface area contributed by atoms with Gasteiger partial charge in [0.2, 0.25) is 0 Å². The van der Waals surface area contributed by atoms with E-state index in [0.29, 0.717) is 0 Å². The Morgan fingerprint density at radius 2 is 1.89 bits per heavy atom. The van der Waals surface area contributed by atoms with Crippen molar-refractivity contribution in [3.05, 3.63) is 59.7 Å². The van der Waals surface area contributed by atoms with Crippen LogP contribution in [0.5, 0.6) is 0 Å². The van der Waals surface area contributed by atoms with Gasteiger partial charge in [-0.1, -0.05) is 41.9 Å². The molecule has 0 aliphatic carbocycles. The topological polar surface area (TPSA) is 3.24 Å². The summed E-state index contributed by atoms with van der Waals surface area (Å²) in [6.07, 6.45) is 3.03. The summed E-state index contributed by atoms with van der Waals surface area (Å²) in [6.45, 7) is 0.875. The van der Waals surface area contributed by atoms with E-state index in [4.69, 9.17) is 11.6 Å². The third-order valence-electron chi connectivity index (χ3n) is 3.54. The monoisotopic (exact) mass is 289 g/mol. The maximum atomic E-state index is 6.47. The summed E-state index contributed by atoms with van der Waals surface area (Å²) in [5.74, 6) is 0. The first-order valence-electron chi connectivity index (χ1n) is 6.39. The first kappa shape index (κ1) is 12.9. The molecule has 19 heavy (non-hydrogen) atoms. The molecule has 0 radical (unpaired) electrons. The Hall–Kier alpha value is -1.12. The van der Waals surface area contributed by atoms with E-state index in [1.165, 1.54) is 21.7 Å². The maximum absolute atomic E-state index is 6.47. The average molecular weight is 290 g/mol. The second kappa shape index (κ2) is 5.48. The fraction of sp³-hybridized carbons (Fsp3) is 0.250. The molecular weight excluding hydrogens is 274 g/mol. The summed E-state index contributed by atoms with van der Waals surface area (Å²) in [5, 5.41) is 0. The van der Waals surface area contributed by atoms with Crippen molar-refractivity contribution in [2.75, 3.05) is 11.2 Å².